The van der Waals surface area contributed by atoms with E-state index in [1.807, 2.05) is 11.9 Å². The van der Waals surface area contributed by atoms with Crippen molar-refractivity contribution in [1.82, 2.24) is 9.80 Å². The number of likely N-dealkylation sites (tertiary alicyclic amines) is 1. The third kappa shape index (κ3) is 4.81. The average molecular weight is 361 g/mol. The first-order valence-corrected chi connectivity index (χ1v) is 8.35. The minimum absolute atomic E-state index is 0.0368. The van der Waals surface area contributed by atoms with Gasteiger partial charge in [0.25, 0.3) is 5.91 Å². The predicted molar refractivity (Wildman–Crippen MR) is 91.0 cm³/mol. The van der Waals surface area contributed by atoms with Crippen LogP contribution in [0.4, 0.5) is 0 Å². The molecule has 1 fully saturated rings. The molecule has 1 aliphatic heterocycles. The molecule has 2 atom stereocenters. The molecule has 0 aromatic heterocycles. The van der Waals surface area contributed by atoms with E-state index in [0.717, 1.165) is 6.54 Å². The quantitative estimate of drug-likeness (QED) is 0.808. The summed E-state index contributed by atoms with van der Waals surface area (Å²) in [5.41, 5.74) is 0.462. The maximum atomic E-state index is 12.6. The van der Waals surface area contributed by atoms with Gasteiger partial charge in [0.2, 0.25) is 0 Å². The lowest BCUT2D eigenvalue weighted by atomic mass is 9.96. The normalized spacial score (nSPS) is 21.2. The van der Waals surface area contributed by atoms with Crippen molar-refractivity contribution >= 4 is 29.1 Å². The highest BCUT2D eigenvalue weighted by atomic mass is 35.5. The molecule has 2 N–H and O–H groups in total. The molecule has 128 valence electrons. The second-order valence-corrected chi connectivity index (χ2v) is 6.93. The fraction of sp³-hybridized carbons (Fsp3) is 0.562. The van der Waals surface area contributed by atoms with Crippen molar-refractivity contribution in [1.29, 1.82) is 0 Å². The lowest BCUT2D eigenvalue weighted by Crippen LogP contribution is -2.33. The van der Waals surface area contributed by atoms with Gasteiger partial charge in [0.15, 0.2) is 0 Å². The Hall–Kier alpha value is -0.850. The van der Waals surface area contributed by atoms with Crippen LogP contribution in [0.1, 0.15) is 10.4 Å². The number of hydrogen-bond donors (Lipinski definition) is 2. The highest BCUT2D eigenvalue weighted by Gasteiger charge is 2.35. The van der Waals surface area contributed by atoms with Gasteiger partial charge in [-0.3, -0.25) is 4.79 Å². The Labute approximate surface area is 146 Å². The second kappa shape index (κ2) is 8.31. The molecule has 7 heteroatoms. The zero-order valence-electron chi connectivity index (χ0n) is 13.1. The first kappa shape index (κ1) is 18.5. The molecule has 0 bridgehead atoms. The number of carbonyl (C=O) groups excluding carboxylic acids is 1. The Bertz CT molecular complexity index is 536. The summed E-state index contributed by atoms with van der Waals surface area (Å²) < 4.78 is 0. The van der Waals surface area contributed by atoms with Crippen LogP contribution in [0.2, 0.25) is 10.0 Å². The number of aliphatic hydroxyl groups is 2. The molecule has 1 aromatic rings. The van der Waals surface area contributed by atoms with Crippen LogP contribution in [-0.4, -0.2) is 72.4 Å². The van der Waals surface area contributed by atoms with Gasteiger partial charge >= 0.3 is 0 Å². The minimum atomic E-state index is -0.125. The van der Waals surface area contributed by atoms with E-state index in [9.17, 15) is 9.90 Å². The number of rotatable bonds is 6. The van der Waals surface area contributed by atoms with Crippen molar-refractivity contribution in [3.63, 3.8) is 0 Å². The number of nitrogens with zero attached hydrogens (tertiary/aromatic N) is 2. The van der Waals surface area contributed by atoms with Crippen LogP contribution >= 0.6 is 23.2 Å². The summed E-state index contributed by atoms with van der Waals surface area (Å²) >= 11 is 11.9. The van der Waals surface area contributed by atoms with Gasteiger partial charge in [0, 0.05) is 54.3 Å². The topological polar surface area (TPSA) is 64.0 Å². The van der Waals surface area contributed by atoms with Crippen LogP contribution in [0, 0.1) is 11.8 Å². The lowest BCUT2D eigenvalue weighted by Gasteiger charge is -2.23. The van der Waals surface area contributed by atoms with Crippen molar-refractivity contribution in [2.45, 2.75) is 0 Å². The fourth-order valence-corrected chi connectivity index (χ4v) is 3.57. The average Bonchev–Trinajstić information content (AvgIpc) is 2.88. The molecule has 2 rings (SSSR count). The van der Waals surface area contributed by atoms with Gasteiger partial charge in [0.1, 0.15) is 0 Å². The zero-order valence-corrected chi connectivity index (χ0v) is 14.6. The Kier molecular flexibility index (Phi) is 6.68. The molecule has 0 saturated carbocycles. The highest BCUT2D eigenvalue weighted by Crippen LogP contribution is 2.27. The molecule has 5 nitrogen and oxygen atoms in total. The fourth-order valence-electron chi connectivity index (χ4n) is 3.04. The van der Waals surface area contributed by atoms with Crippen molar-refractivity contribution < 1.29 is 15.0 Å². The molecule has 0 radical (unpaired) electrons. The van der Waals surface area contributed by atoms with Gasteiger partial charge in [-0.05, 0) is 31.2 Å². The van der Waals surface area contributed by atoms with E-state index >= 15 is 0 Å². The molecule has 1 saturated heterocycles. The van der Waals surface area contributed by atoms with Crippen LogP contribution in [0.5, 0.6) is 0 Å². The maximum absolute atomic E-state index is 12.6. The summed E-state index contributed by atoms with van der Waals surface area (Å²) in [5, 5.41) is 19.4. The van der Waals surface area contributed by atoms with Crippen molar-refractivity contribution in [2.75, 3.05) is 46.4 Å². The van der Waals surface area contributed by atoms with Crippen molar-refractivity contribution in [2.24, 2.45) is 11.8 Å². The molecule has 1 aliphatic rings. The smallest absolute Gasteiger partial charge is 0.253 e. The molecule has 0 spiro atoms. The van der Waals surface area contributed by atoms with Crippen LogP contribution in [0.3, 0.4) is 0 Å². The molecule has 1 aromatic carbocycles. The van der Waals surface area contributed by atoms with E-state index in [0.29, 0.717) is 35.2 Å². The summed E-state index contributed by atoms with van der Waals surface area (Å²) in [5.74, 6) is 0.0880. The van der Waals surface area contributed by atoms with Gasteiger partial charge < -0.3 is 20.0 Å². The SMILES string of the molecule is CN(CCO)C[C@@H]1CN(C(=O)c2cc(Cl)cc(Cl)c2)C[C@@H]1CO. The monoisotopic (exact) mass is 360 g/mol. The Morgan fingerprint density at radius 3 is 2.39 bits per heavy atom. The van der Waals surface area contributed by atoms with E-state index in [2.05, 4.69) is 0 Å². The Balaban J connectivity index is 2.07. The van der Waals surface area contributed by atoms with Crippen molar-refractivity contribution in [3.05, 3.63) is 33.8 Å². The van der Waals surface area contributed by atoms with Gasteiger partial charge in [-0.15, -0.1) is 0 Å². The van der Waals surface area contributed by atoms with Crippen LogP contribution in [-0.2, 0) is 0 Å². The third-order valence-corrected chi connectivity index (χ3v) is 4.67. The number of aliphatic hydroxyl groups excluding tert-OH is 2. The second-order valence-electron chi connectivity index (χ2n) is 6.06. The largest absolute Gasteiger partial charge is 0.396 e. The highest BCUT2D eigenvalue weighted by molar-refractivity contribution is 6.35. The number of amides is 1. The Morgan fingerprint density at radius 1 is 1.22 bits per heavy atom. The minimum Gasteiger partial charge on any atom is -0.396 e. The van der Waals surface area contributed by atoms with E-state index < -0.39 is 0 Å². The first-order chi connectivity index (χ1) is 10.9. The van der Waals surface area contributed by atoms with Gasteiger partial charge in [-0.25, -0.2) is 0 Å². The summed E-state index contributed by atoms with van der Waals surface area (Å²) in [6.07, 6.45) is 0. The van der Waals surface area contributed by atoms with Gasteiger partial charge in [0.05, 0.1) is 6.61 Å². The molecule has 0 aliphatic carbocycles. The van der Waals surface area contributed by atoms with E-state index in [4.69, 9.17) is 28.3 Å². The number of likely N-dealkylation sites (N-methyl/N-ethyl adjacent to an activating group) is 1. The molecular formula is C16H22Cl2N2O3. The summed E-state index contributed by atoms with van der Waals surface area (Å²) in [6.45, 7) is 2.52. The summed E-state index contributed by atoms with van der Waals surface area (Å²) in [6, 6.07) is 4.80. The molecule has 23 heavy (non-hydrogen) atoms. The maximum Gasteiger partial charge on any atom is 0.253 e. The first-order valence-electron chi connectivity index (χ1n) is 7.60. The number of halogens is 2. The lowest BCUT2D eigenvalue weighted by molar-refractivity contribution is 0.0779. The van der Waals surface area contributed by atoms with Crippen molar-refractivity contribution in [3.8, 4) is 0 Å². The van der Waals surface area contributed by atoms with Crippen LogP contribution in [0.25, 0.3) is 0 Å². The molecule has 1 amide bonds. The van der Waals surface area contributed by atoms with E-state index in [1.54, 1.807) is 23.1 Å². The third-order valence-electron chi connectivity index (χ3n) is 4.24. The molecular weight excluding hydrogens is 339 g/mol. The number of carbonyl (C=O) groups is 1. The summed E-state index contributed by atoms with van der Waals surface area (Å²) in [7, 11) is 1.92. The van der Waals surface area contributed by atoms with E-state index in [1.165, 1.54) is 0 Å². The number of hydrogen-bond acceptors (Lipinski definition) is 4. The zero-order chi connectivity index (χ0) is 17.0. The van der Waals surface area contributed by atoms with Gasteiger partial charge in [-0.1, -0.05) is 23.2 Å². The van der Waals surface area contributed by atoms with Gasteiger partial charge in [-0.2, -0.15) is 0 Å². The summed E-state index contributed by atoms with van der Waals surface area (Å²) in [4.78, 5) is 16.4. The van der Waals surface area contributed by atoms with E-state index in [-0.39, 0.29) is 31.0 Å². The van der Waals surface area contributed by atoms with Crippen LogP contribution < -0.4 is 0 Å². The number of benzene rings is 1. The molecule has 1 heterocycles. The predicted octanol–water partition coefficient (Wildman–Crippen LogP) is 1.60. The standard InChI is InChI=1S/C16H22Cl2N2O3/c1-19(2-3-21)7-12-8-20(9-13(12)10-22)16(23)11-4-14(17)6-15(18)5-11/h4-6,12-13,21-22H,2-3,7-10H2,1H3/t12-,13-/m1/s1. The molecule has 0 unspecified atom stereocenters. The Morgan fingerprint density at radius 2 is 1.83 bits per heavy atom. The van der Waals surface area contributed by atoms with Crippen LogP contribution in [0.15, 0.2) is 18.2 Å².